The zero-order valence-electron chi connectivity index (χ0n) is 13.6. The molecular weight excluding hydrogens is 347 g/mol. The van der Waals surface area contributed by atoms with Gasteiger partial charge >= 0.3 is 0 Å². The maximum atomic E-state index is 12.5. The number of hydrogen-bond acceptors (Lipinski definition) is 2. The molecule has 2 rings (SSSR count). The third-order valence-corrected chi connectivity index (χ3v) is 4.16. The van der Waals surface area contributed by atoms with E-state index in [1.54, 1.807) is 56.3 Å². The summed E-state index contributed by atoms with van der Waals surface area (Å²) < 4.78 is 0. The molecule has 24 heavy (non-hydrogen) atoms. The molecule has 2 aromatic carbocycles. The number of nitrogens with one attached hydrogen (secondary N) is 2. The minimum Gasteiger partial charge on any atom is -0.325 e. The Kier molecular flexibility index (Phi) is 5.52. The maximum Gasteiger partial charge on any atom is 0.239 e. The molecule has 0 unspecified atom stereocenters. The first-order valence-corrected chi connectivity index (χ1v) is 8.10. The van der Waals surface area contributed by atoms with E-state index in [0.717, 1.165) is 5.56 Å². The Bertz CT molecular complexity index is 771. The van der Waals surface area contributed by atoms with Gasteiger partial charge in [0.25, 0.3) is 0 Å². The second-order valence-electron chi connectivity index (χ2n) is 6.00. The zero-order valence-corrected chi connectivity index (χ0v) is 15.1. The Hall–Kier alpha value is -2.04. The molecule has 2 amide bonds. The van der Waals surface area contributed by atoms with E-state index < -0.39 is 17.2 Å². The smallest absolute Gasteiger partial charge is 0.239 e. The van der Waals surface area contributed by atoms with Gasteiger partial charge in [-0.05, 0) is 68.8 Å². The Balaban J connectivity index is 2.11. The molecule has 0 heterocycles. The van der Waals surface area contributed by atoms with E-state index in [0.29, 0.717) is 21.4 Å². The van der Waals surface area contributed by atoms with Crippen molar-refractivity contribution in [2.45, 2.75) is 20.8 Å². The number of carbonyl (C=O) groups is 2. The van der Waals surface area contributed by atoms with E-state index in [9.17, 15) is 9.59 Å². The first kappa shape index (κ1) is 18.3. The van der Waals surface area contributed by atoms with Crippen molar-refractivity contribution in [1.82, 2.24) is 0 Å². The van der Waals surface area contributed by atoms with Gasteiger partial charge in [-0.25, -0.2) is 0 Å². The van der Waals surface area contributed by atoms with Crippen molar-refractivity contribution in [2.75, 3.05) is 10.6 Å². The molecule has 0 radical (unpaired) electrons. The first-order valence-electron chi connectivity index (χ1n) is 7.35. The standard InChI is InChI=1S/C18H18Cl2N2O2/c1-11-10-13(20)6-9-15(11)22-17(24)18(2,3)16(23)21-14-7-4-12(19)5-8-14/h4-10H,1-3H3,(H,21,23)(H,22,24). The van der Waals surface area contributed by atoms with E-state index in [4.69, 9.17) is 23.2 Å². The molecule has 4 nitrogen and oxygen atoms in total. The third kappa shape index (κ3) is 4.28. The summed E-state index contributed by atoms with van der Waals surface area (Å²) in [6.07, 6.45) is 0. The normalized spacial score (nSPS) is 11.0. The van der Waals surface area contributed by atoms with Crippen molar-refractivity contribution in [3.8, 4) is 0 Å². The Morgan fingerprint density at radius 3 is 2.00 bits per heavy atom. The molecule has 0 aliphatic rings. The average Bonchev–Trinajstić information content (AvgIpc) is 2.52. The topological polar surface area (TPSA) is 58.2 Å². The second-order valence-corrected chi connectivity index (χ2v) is 6.87. The number of hydrogen-bond donors (Lipinski definition) is 2. The fourth-order valence-electron chi connectivity index (χ4n) is 1.97. The summed E-state index contributed by atoms with van der Waals surface area (Å²) in [6, 6.07) is 11.8. The molecule has 0 bridgehead atoms. The summed E-state index contributed by atoms with van der Waals surface area (Å²) in [6.45, 7) is 4.97. The van der Waals surface area contributed by atoms with Crippen LogP contribution in [0.2, 0.25) is 10.0 Å². The van der Waals surface area contributed by atoms with E-state index >= 15 is 0 Å². The molecule has 0 saturated carbocycles. The lowest BCUT2D eigenvalue weighted by Crippen LogP contribution is -2.41. The molecule has 0 aliphatic heterocycles. The Morgan fingerprint density at radius 1 is 0.875 bits per heavy atom. The number of halogens is 2. The van der Waals surface area contributed by atoms with Gasteiger partial charge in [0.15, 0.2) is 0 Å². The van der Waals surface area contributed by atoms with Gasteiger partial charge in [0, 0.05) is 21.4 Å². The van der Waals surface area contributed by atoms with Crippen molar-refractivity contribution in [3.05, 3.63) is 58.1 Å². The van der Waals surface area contributed by atoms with Gasteiger partial charge < -0.3 is 10.6 Å². The maximum absolute atomic E-state index is 12.5. The van der Waals surface area contributed by atoms with E-state index in [2.05, 4.69) is 10.6 Å². The molecule has 126 valence electrons. The van der Waals surface area contributed by atoms with E-state index in [-0.39, 0.29) is 0 Å². The van der Waals surface area contributed by atoms with Crippen LogP contribution in [0.1, 0.15) is 19.4 Å². The lowest BCUT2D eigenvalue weighted by Gasteiger charge is -2.23. The van der Waals surface area contributed by atoms with Gasteiger partial charge in [0.1, 0.15) is 5.41 Å². The third-order valence-electron chi connectivity index (χ3n) is 3.67. The molecular formula is C18H18Cl2N2O2. The van der Waals surface area contributed by atoms with Crippen molar-refractivity contribution < 1.29 is 9.59 Å². The lowest BCUT2D eigenvalue weighted by molar-refractivity contribution is -0.135. The highest BCUT2D eigenvalue weighted by Gasteiger charge is 2.36. The predicted molar refractivity (Wildman–Crippen MR) is 98.7 cm³/mol. The van der Waals surface area contributed by atoms with Gasteiger partial charge in [-0.2, -0.15) is 0 Å². The molecule has 6 heteroatoms. The van der Waals surface area contributed by atoms with Crippen LogP contribution in [0.25, 0.3) is 0 Å². The molecule has 0 saturated heterocycles. The Morgan fingerprint density at radius 2 is 1.42 bits per heavy atom. The highest BCUT2D eigenvalue weighted by atomic mass is 35.5. The van der Waals surface area contributed by atoms with Crippen LogP contribution in [-0.2, 0) is 9.59 Å². The number of aryl methyl sites for hydroxylation is 1. The number of carbonyl (C=O) groups excluding carboxylic acids is 2. The summed E-state index contributed by atoms with van der Waals surface area (Å²) >= 11 is 11.7. The van der Waals surface area contributed by atoms with Crippen LogP contribution in [0, 0.1) is 12.3 Å². The van der Waals surface area contributed by atoms with Crippen LogP contribution in [0.4, 0.5) is 11.4 Å². The molecule has 2 aromatic rings. The van der Waals surface area contributed by atoms with Crippen molar-refractivity contribution in [3.63, 3.8) is 0 Å². The molecule has 0 atom stereocenters. The average molecular weight is 365 g/mol. The lowest BCUT2D eigenvalue weighted by atomic mass is 9.90. The zero-order chi connectivity index (χ0) is 17.9. The minimum absolute atomic E-state index is 0.403. The molecule has 0 spiro atoms. The molecule has 0 fully saturated rings. The van der Waals surface area contributed by atoms with Gasteiger partial charge in [-0.1, -0.05) is 23.2 Å². The van der Waals surface area contributed by atoms with Crippen LogP contribution < -0.4 is 10.6 Å². The van der Waals surface area contributed by atoms with Crippen LogP contribution in [-0.4, -0.2) is 11.8 Å². The summed E-state index contributed by atoms with van der Waals surface area (Å²) in [5.74, 6) is -0.812. The Labute approximate surface area is 151 Å². The summed E-state index contributed by atoms with van der Waals surface area (Å²) in [5.41, 5.74) is 0.764. The van der Waals surface area contributed by atoms with Crippen molar-refractivity contribution in [2.24, 2.45) is 5.41 Å². The van der Waals surface area contributed by atoms with Gasteiger partial charge in [0.2, 0.25) is 11.8 Å². The van der Waals surface area contributed by atoms with Crippen LogP contribution in [0.5, 0.6) is 0 Å². The summed E-state index contributed by atoms with van der Waals surface area (Å²) in [5, 5.41) is 6.65. The minimum atomic E-state index is -1.26. The monoisotopic (exact) mass is 364 g/mol. The van der Waals surface area contributed by atoms with Crippen molar-refractivity contribution in [1.29, 1.82) is 0 Å². The summed E-state index contributed by atoms with van der Waals surface area (Å²) in [4.78, 5) is 25.0. The van der Waals surface area contributed by atoms with Crippen LogP contribution in [0.3, 0.4) is 0 Å². The van der Waals surface area contributed by atoms with Gasteiger partial charge in [0.05, 0.1) is 0 Å². The molecule has 0 aromatic heterocycles. The number of amides is 2. The SMILES string of the molecule is Cc1cc(Cl)ccc1NC(=O)C(C)(C)C(=O)Nc1ccc(Cl)cc1. The molecule has 0 aliphatic carbocycles. The van der Waals surface area contributed by atoms with Gasteiger partial charge in [-0.15, -0.1) is 0 Å². The fraction of sp³-hybridized carbons (Fsp3) is 0.222. The fourth-order valence-corrected chi connectivity index (χ4v) is 2.32. The van der Waals surface area contributed by atoms with Crippen LogP contribution in [0.15, 0.2) is 42.5 Å². The van der Waals surface area contributed by atoms with Crippen molar-refractivity contribution >= 4 is 46.4 Å². The van der Waals surface area contributed by atoms with E-state index in [1.807, 2.05) is 6.92 Å². The second kappa shape index (κ2) is 7.24. The summed E-state index contributed by atoms with van der Waals surface area (Å²) in [7, 11) is 0. The number of anilines is 2. The predicted octanol–water partition coefficient (Wildman–Crippen LogP) is 4.91. The van der Waals surface area contributed by atoms with E-state index in [1.165, 1.54) is 0 Å². The number of rotatable bonds is 4. The quantitative estimate of drug-likeness (QED) is 0.757. The van der Waals surface area contributed by atoms with Crippen LogP contribution >= 0.6 is 23.2 Å². The van der Waals surface area contributed by atoms with Gasteiger partial charge in [-0.3, -0.25) is 9.59 Å². The molecule has 2 N–H and O–H groups in total. The number of benzene rings is 2. The largest absolute Gasteiger partial charge is 0.325 e. The first-order chi connectivity index (χ1) is 11.2. The highest BCUT2D eigenvalue weighted by Crippen LogP contribution is 2.25. The highest BCUT2D eigenvalue weighted by molar-refractivity contribution is 6.31.